The van der Waals surface area contributed by atoms with E-state index in [-0.39, 0.29) is 16.5 Å². The number of rotatable bonds is 9. The van der Waals surface area contributed by atoms with E-state index < -0.39 is 23.6 Å². The summed E-state index contributed by atoms with van der Waals surface area (Å²) in [5, 5.41) is 5.01. The van der Waals surface area contributed by atoms with Gasteiger partial charge in [-0.3, -0.25) is 19.3 Å². The predicted molar refractivity (Wildman–Crippen MR) is 164 cm³/mol. The number of halogens is 2. The minimum absolute atomic E-state index is 0.168. The number of carbonyl (C=O) groups excluding carboxylic acids is 3. The molecule has 1 N–H and O–H groups in total. The summed E-state index contributed by atoms with van der Waals surface area (Å²) < 4.78 is 11.7. The number of benzene rings is 4. The van der Waals surface area contributed by atoms with Gasteiger partial charge in [0.05, 0.1) is 16.5 Å². The van der Waals surface area contributed by atoms with Crippen molar-refractivity contribution in [2.24, 2.45) is 0 Å². The van der Waals surface area contributed by atoms with Crippen LogP contribution in [0, 0.1) is 0 Å². The number of amides is 3. The van der Waals surface area contributed by atoms with E-state index in [1.165, 1.54) is 0 Å². The first-order valence-electron chi connectivity index (χ1n) is 12.7. The number of nitrogens with zero attached hydrogens (tertiary/aromatic N) is 1. The third-order valence-corrected chi connectivity index (χ3v) is 7.61. The molecule has 0 spiro atoms. The molecular weight excluding hydrogens is 583 g/mol. The molecule has 4 aromatic carbocycles. The Bertz CT molecular complexity index is 1670. The van der Waals surface area contributed by atoms with Gasteiger partial charge in [-0.1, -0.05) is 71.7 Å². The number of imide groups is 1. The van der Waals surface area contributed by atoms with Crippen molar-refractivity contribution in [2.75, 3.05) is 18.5 Å². The van der Waals surface area contributed by atoms with E-state index in [9.17, 15) is 14.4 Å². The van der Waals surface area contributed by atoms with Crippen LogP contribution in [0.3, 0.4) is 0 Å². The summed E-state index contributed by atoms with van der Waals surface area (Å²) in [4.78, 5) is 39.7. The number of nitrogens with one attached hydrogen (secondary N) is 1. The van der Waals surface area contributed by atoms with Gasteiger partial charge < -0.3 is 14.8 Å². The van der Waals surface area contributed by atoms with Crippen LogP contribution in [0.2, 0.25) is 10.0 Å². The van der Waals surface area contributed by atoms with Gasteiger partial charge in [-0.25, -0.2) is 0 Å². The maximum atomic E-state index is 13.1. The van der Waals surface area contributed by atoms with E-state index in [0.29, 0.717) is 34.4 Å². The molecule has 0 saturated carbocycles. The van der Waals surface area contributed by atoms with Crippen LogP contribution in [0.4, 0.5) is 10.5 Å². The maximum Gasteiger partial charge on any atom is 0.294 e. The SMILES string of the molecule is CCOc1cc(/C=C2/SC(=O)N(CC(=O)Nc3cccc4ccccc34)C2=O)cc(Cl)c1OCc1ccc(Cl)cc1. The van der Waals surface area contributed by atoms with E-state index in [2.05, 4.69) is 5.32 Å². The van der Waals surface area contributed by atoms with Crippen molar-refractivity contribution < 1.29 is 23.9 Å². The van der Waals surface area contributed by atoms with Crippen LogP contribution in [-0.4, -0.2) is 35.1 Å². The average molecular weight is 608 g/mol. The van der Waals surface area contributed by atoms with Crippen molar-refractivity contribution in [3.63, 3.8) is 0 Å². The smallest absolute Gasteiger partial charge is 0.294 e. The van der Waals surface area contributed by atoms with Gasteiger partial charge in [0.2, 0.25) is 5.91 Å². The number of anilines is 1. The fraction of sp³-hybridized carbons (Fsp3) is 0.129. The van der Waals surface area contributed by atoms with E-state index in [0.717, 1.165) is 33.0 Å². The Morgan fingerprint density at radius 3 is 2.51 bits per heavy atom. The molecule has 10 heteroatoms. The summed E-state index contributed by atoms with van der Waals surface area (Å²) in [6, 6.07) is 23.7. The molecular formula is C31H24Cl2N2O5S. The van der Waals surface area contributed by atoms with Crippen LogP contribution in [0.15, 0.2) is 83.8 Å². The molecule has 1 aliphatic heterocycles. The molecule has 1 heterocycles. The van der Waals surface area contributed by atoms with E-state index in [1.54, 1.807) is 36.4 Å². The highest BCUT2D eigenvalue weighted by Crippen LogP contribution is 2.39. The summed E-state index contributed by atoms with van der Waals surface area (Å²) in [5.41, 5.74) is 2.05. The highest BCUT2D eigenvalue weighted by Gasteiger charge is 2.36. The predicted octanol–water partition coefficient (Wildman–Crippen LogP) is 7.80. The minimum Gasteiger partial charge on any atom is -0.490 e. The molecule has 1 saturated heterocycles. The topological polar surface area (TPSA) is 84.9 Å². The van der Waals surface area contributed by atoms with Gasteiger partial charge in [-0.15, -0.1) is 0 Å². The third-order valence-electron chi connectivity index (χ3n) is 6.16. The molecule has 4 aromatic rings. The summed E-state index contributed by atoms with van der Waals surface area (Å²) >= 11 is 13.3. The lowest BCUT2D eigenvalue weighted by atomic mass is 10.1. The lowest BCUT2D eigenvalue weighted by molar-refractivity contribution is -0.127. The molecule has 0 bridgehead atoms. The molecule has 3 amide bonds. The molecule has 0 aliphatic carbocycles. The largest absolute Gasteiger partial charge is 0.490 e. The van der Waals surface area contributed by atoms with Crippen molar-refractivity contribution >= 4 is 74.6 Å². The minimum atomic E-state index is -0.565. The second kappa shape index (κ2) is 12.7. The average Bonchev–Trinajstić information content (AvgIpc) is 3.21. The number of thioether (sulfide) groups is 1. The van der Waals surface area contributed by atoms with Gasteiger partial charge >= 0.3 is 0 Å². The number of ether oxygens (including phenoxy) is 2. The zero-order valence-electron chi connectivity index (χ0n) is 21.9. The molecule has 5 rings (SSSR count). The second-order valence-corrected chi connectivity index (χ2v) is 10.9. The van der Waals surface area contributed by atoms with Crippen LogP contribution in [0.25, 0.3) is 16.8 Å². The Kier molecular flexibility index (Phi) is 8.83. The Labute approximate surface area is 251 Å². The molecule has 0 unspecified atom stereocenters. The number of hydrogen-bond donors (Lipinski definition) is 1. The van der Waals surface area contributed by atoms with Crippen molar-refractivity contribution in [1.82, 2.24) is 4.90 Å². The molecule has 208 valence electrons. The molecule has 0 aromatic heterocycles. The fourth-order valence-electron chi connectivity index (χ4n) is 4.27. The van der Waals surface area contributed by atoms with Crippen LogP contribution in [0.1, 0.15) is 18.1 Å². The van der Waals surface area contributed by atoms with Crippen molar-refractivity contribution in [3.8, 4) is 11.5 Å². The monoisotopic (exact) mass is 606 g/mol. The van der Waals surface area contributed by atoms with Crippen molar-refractivity contribution in [3.05, 3.63) is 105 Å². The van der Waals surface area contributed by atoms with E-state index in [1.807, 2.05) is 55.5 Å². The standard InChI is InChI=1S/C31H24Cl2N2O5S/c1-2-39-26-15-20(14-24(33)29(26)40-18-19-10-12-22(32)13-11-19)16-27-30(37)35(31(38)41-27)17-28(36)34-25-9-5-7-21-6-3-4-8-23(21)25/h3-16H,2,17-18H2,1H3,(H,34,36)/b27-16+. The maximum absolute atomic E-state index is 13.1. The van der Waals surface area contributed by atoms with Crippen molar-refractivity contribution in [2.45, 2.75) is 13.5 Å². The molecule has 0 radical (unpaired) electrons. The lowest BCUT2D eigenvalue weighted by Gasteiger charge is -2.15. The van der Waals surface area contributed by atoms with Crippen molar-refractivity contribution in [1.29, 1.82) is 0 Å². The number of hydrogen-bond acceptors (Lipinski definition) is 6. The van der Waals surface area contributed by atoms with Gasteiger partial charge in [-0.2, -0.15) is 0 Å². The molecule has 0 atom stereocenters. The first-order valence-corrected chi connectivity index (χ1v) is 14.3. The van der Waals surface area contributed by atoms with Crippen LogP contribution in [0.5, 0.6) is 11.5 Å². The highest BCUT2D eigenvalue weighted by molar-refractivity contribution is 8.18. The molecule has 41 heavy (non-hydrogen) atoms. The quantitative estimate of drug-likeness (QED) is 0.196. The van der Waals surface area contributed by atoms with Gasteiger partial charge in [0, 0.05) is 16.1 Å². The van der Waals surface area contributed by atoms with Gasteiger partial charge in [-0.05, 0) is 71.6 Å². The zero-order chi connectivity index (χ0) is 28.9. The zero-order valence-corrected chi connectivity index (χ0v) is 24.2. The summed E-state index contributed by atoms with van der Waals surface area (Å²) in [6.07, 6.45) is 1.55. The van der Waals surface area contributed by atoms with E-state index >= 15 is 0 Å². The number of carbonyl (C=O) groups is 3. The molecule has 7 nitrogen and oxygen atoms in total. The van der Waals surface area contributed by atoms with Gasteiger partial charge in [0.25, 0.3) is 11.1 Å². The summed E-state index contributed by atoms with van der Waals surface area (Å²) in [6.45, 7) is 2.03. The summed E-state index contributed by atoms with van der Waals surface area (Å²) in [7, 11) is 0. The summed E-state index contributed by atoms with van der Waals surface area (Å²) in [5.74, 6) is -0.285. The first-order chi connectivity index (χ1) is 19.8. The Balaban J connectivity index is 1.30. The molecule has 1 fully saturated rings. The normalized spacial score (nSPS) is 14.1. The Morgan fingerprint density at radius 1 is 0.976 bits per heavy atom. The van der Waals surface area contributed by atoms with Crippen LogP contribution >= 0.6 is 35.0 Å². The van der Waals surface area contributed by atoms with Crippen LogP contribution in [-0.2, 0) is 16.2 Å². The second-order valence-electron chi connectivity index (χ2n) is 9.02. The molecule has 1 aliphatic rings. The lowest BCUT2D eigenvalue weighted by Crippen LogP contribution is -2.36. The Hall–Kier alpha value is -3.98. The first kappa shape index (κ1) is 28.5. The Morgan fingerprint density at radius 2 is 1.73 bits per heavy atom. The third kappa shape index (κ3) is 6.68. The highest BCUT2D eigenvalue weighted by atomic mass is 35.5. The fourth-order valence-corrected chi connectivity index (χ4v) is 5.50. The van der Waals surface area contributed by atoms with Crippen LogP contribution < -0.4 is 14.8 Å². The number of fused-ring (bicyclic) bond motifs is 1. The van der Waals surface area contributed by atoms with Gasteiger partial charge in [0.1, 0.15) is 13.2 Å². The van der Waals surface area contributed by atoms with E-state index in [4.69, 9.17) is 32.7 Å². The van der Waals surface area contributed by atoms with Gasteiger partial charge in [0.15, 0.2) is 11.5 Å².